The first-order valence-corrected chi connectivity index (χ1v) is 8.16. The van der Waals surface area contributed by atoms with Crippen LogP contribution in [0.1, 0.15) is 24.5 Å². The van der Waals surface area contributed by atoms with E-state index in [1.807, 2.05) is 29.2 Å². The van der Waals surface area contributed by atoms with E-state index in [1.54, 1.807) is 12.1 Å². The number of carbonyl (C=O) groups is 1. The summed E-state index contributed by atoms with van der Waals surface area (Å²) in [6.07, 6.45) is 1.99. The Morgan fingerprint density at radius 2 is 2.00 bits per heavy atom. The van der Waals surface area contributed by atoms with Crippen molar-refractivity contribution in [2.75, 3.05) is 4.90 Å². The zero-order valence-corrected chi connectivity index (χ0v) is 13.9. The van der Waals surface area contributed by atoms with Gasteiger partial charge in [-0.2, -0.15) is 0 Å². The summed E-state index contributed by atoms with van der Waals surface area (Å²) < 4.78 is 0. The quantitative estimate of drug-likeness (QED) is 0.781. The van der Waals surface area contributed by atoms with Gasteiger partial charge in [-0.3, -0.25) is 4.79 Å². The van der Waals surface area contributed by atoms with Gasteiger partial charge in [0, 0.05) is 28.2 Å². The number of aryl methyl sites for hydroxylation is 1. The molecule has 2 aromatic rings. The van der Waals surface area contributed by atoms with Crippen molar-refractivity contribution in [3.63, 3.8) is 0 Å². The standard InChI is InChI=1S/C18H17Cl2NO/c1-12-10-14-4-2-3-5-17(14)21(12)18(22)9-7-13-6-8-15(19)11-16(13)20/h2-6,8,11-12H,7,9-10H2,1H3. The highest BCUT2D eigenvalue weighted by Crippen LogP contribution is 2.32. The average Bonchev–Trinajstić information content (AvgIpc) is 2.82. The van der Waals surface area contributed by atoms with Gasteiger partial charge in [0.05, 0.1) is 0 Å². The van der Waals surface area contributed by atoms with E-state index in [4.69, 9.17) is 23.2 Å². The zero-order chi connectivity index (χ0) is 15.7. The number of anilines is 1. The highest BCUT2D eigenvalue weighted by molar-refractivity contribution is 6.35. The molecule has 22 heavy (non-hydrogen) atoms. The molecule has 2 aromatic carbocycles. The van der Waals surface area contributed by atoms with E-state index >= 15 is 0 Å². The van der Waals surface area contributed by atoms with Crippen LogP contribution in [0.4, 0.5) is 5.69 Å². The fourth-order valence-corrected chi connectivity index (χ4v) is 3.54. The van der Waals surface area contributed by atoms with Gasteiger partial charge in [-0.15, -0.1) is 0 Å². The Kier molecular flexibility index (Phi) is 4.42. The third-order valence-corrected chi connectivity index (χ3v) is 4.69. The first-order valence-electron chi connectivity index (χ1n) is 7.40. The highest BCUT2D eigenvalue weighted by Gasteiger charge is 2.30. The molecule has 0 radical (unpaired) electrons. The Labute approximate surface area is 140 Å². The van der Waals surface area contributed by atoms with Crippen molar-refractivity contribution in [2.45, 2.75) is 32.2 Å². The molecule has 1 atom stereocenters. The van der Waals surface area contributed by atoms with Gasteiger partial charge in [0.2, 0.25) is 5.91 Å². The van der Waals surface area contributed by atoms with Crippen LogP contribution >= 0.6 is 23.2 Å². The van der Waals surface area contributed by atoms with Gasteiger partial charge in [0.1, 0.15) is 0 Å². The molecule has 1 heterocycles. The monoisotopic (exact) mass is 333 g/mol. The maximum Gasteiger partial charge on any atom is 0.227 e. The van der Waals surface area contributed by atoms with Crippen LogP contribution in [0, 0.1) is 0 Å². The molecular formula is C18H17Cl2NO. The highest BCUT2D eigenvalue weighted by atomic mass is 35.5. The van der Waals surface area contributed by atoms with E-state index in [9.17, 15) is 4.79 Å². The molecule has 114 valence electrons. The molecule has 4 heteroatoms. The summed E-state index contributed by atoms with van der Waals surface area (Å²) in [6.45, 7) is 2.09. The lowest BCUT2D eigenvalue weighted by molar-refractivity contribution is -0.118. The molecule has 2 nitrogen and oxygen atoms in total. The summed E-state index contributed by atoms with van der Waals surface area (Å²) in [5.41, 5.74) is 3.25. The van der Waals surface area contributed by atoms with Crippen LogP contribution in [0.15, 0.2) is 42.5 Å². The van der Waals surface area contributed by atoms with Crippen molar-refractivity contribution in [3.05, 3.63) is 63.6 Å². The molecule has 0 saturated heterocycles. The first kappa shape index (κ1) is 15.4. The molecule has 1 unspecified atom stereocenters. The minimum atomic E-state index is 0.142. The number of hydrogen-bond acceptors (Lipinski definition) is 1. The zero-order valence-electron chi connectivity index (χ0n) is 12.4. The van der Waals surface area contributed by atoms with Crippen LogP contribution in [0.5, 0.6) is 0 Å². The lowest BCUT2D eigenvalue weighted by Gasteiger charge is -2.23. The fraction of sp³-hybridized carbons (Fsp3) is 0.278. The maximum absolute atomic E-state index is 12.6. The van der Waals surface area contributed by atoms with Gasteiger partial charge in [0.15, 0.2) is 0 Å². The van der Waals surface area contributed by atoms with Crippen LogP contribution in [-0.4, -0.2) is 11.9 Å². The lowest BCUT2D eigenvalue weighted by Crippen LogP contribution is -2.35. The Balaban J connectivity index is 1.72. The Morgan fingerprint density at radius 3 is 2.77 bits per heavy atom. The van der Waals surface area contributed by atoms with Crippen molar-refractivity contribution in [3.8, 4) is 0 Å². The number of hydrogen-bond donors (Lipinski definition) is 0. The van der Waals surface area contributed by atoms with Crippen LogP contribution in [0.2, 0.25) is 10.0 Å². The largest absolute Gasteiger partial charge is 0.309 e. The molecule has 0 saturated carbocycles. The molecule has 0 bridgehead atoms. The number of fused-ring (bicyclic) bond motifs is 1. The van der Waals surface area contributed by atoms with Gasteiger partial charge >= 0.3 is 0 Å². The third-order valence-electron chi connectivity index (χ3n) is 4.10. The summed E-state index contributed by atoms with van der Waals surface area (Å²) in [5, 5.41) is 1.23. The van der Waals surface area contributed by atoms with E-state index in [0.717, 1.165) is 17.7 Å². The second-order valence-corrected chi connectivity index (χ2v) is 6.52. The third kappa shape index (κ3) is 2.99. The van der Waals surface area contributed by atoms with Gasteiger partial charge in [-0.05, 0) is 49.1 Å². The van der Waals surface area contributed by atoms with E-state index in [1.165, 1.54) is 5.56 Å². The summed E-state index contributed by atoms with van der Waals surface area (Å²) in [4.78, 5) is 14.5. The van der Waals surface area contributed by atoms with Crippen LogP contribution in [0.3, 0.4) is 0 Å². The van der Waals surface area contributed by atoms with E-state index in [0.29, 0.717) is 22.9 Å². The van der Waals surface area contributed by atoms with E-state index in [-0.39, 0.29) is 11.9 Å². The second kappa shape index (κ2) is 6.31. The Bertz CT molecular complexity index is 714. The molecular weight excluding hydrogens is 317 g/mol. The Morgan fingerprint density at radius 1 is 1.23 bits per heavy atom. The van der Waals surface area contributed by atoms with Gasteiger partial charge in [-0.25, -0.2) is 0 Å². The summed E-state index contributed by atoms with van der Waals surface area (Å²) in [6, 6.07) is 13.7. The lowest BCUT2D eigenvalue weighted by atomic mass is 10.1. The van der Waals surface area contributed by atoms with Crippen molar-refractivity contribution >= 4 is 34.8 Å². The average molecular weight is 334 g/mol. The predicted octanol–water partition coefficient (Wildman–Crippen LogP) is 4.90. The number of benzene rings is 2. The summed E-state index contributed by atoms with van der Waals surface area (Å²) in [7, 11) is 0. The predicted molar refractivity (Wildman–Crippen MR) is 91.9 cm³/mol. The smallest absolute Gasteiger partial charge is 0.227 e. The number of amides is 1. The van der Waals surface area contributed by atoms with Crippen molar-refractivity contribution in [2.24, 2.45) is 0 Å². The minimum Gasteiger partial charge on any atom is -0.309 e. The van der Waals surface area contributed by atoms with E-state index in [2.05, 4.69) is 13.0 Å². The van der Waals surface area contributed by atoms with Crippen molar-refractivity contribution < 1.29 is 4.79 Å². The van der Waals surface area contributed by atoms with Crippen molar-refractivity contribution in [1.29, 1.82) is 0 Å². The first-order chi connectivity index (χ1) is 10.6. The van der Waals surface area contributed by atoms with Crippen LogP contribution < -0.4 is 4.90 Å². The van der Waals surface area contributed by atoms with Gasteiger partial charge < -0.3 is 4.90 Å². The Hall–Kier alpha value is -1.51. The number of halogens is 2. The van der Waals surface area contributed by atoms with Crippen LogP contribution in [0.25, 0.3) is 0 Å². The number of nitrogens with zero attached hydrogens (tertiary/aromatic N) is 1. The molecule has 0 N–H and O–H groups in total. The van der Waals surface area contributed by atoms with Gasteiger partial charge in [-0.1, -0.05) is 47.5 Å². The molecule has 1 amide bonds. The molecule has 0 fully saturated rings. The summed E-state index contributed by atoms with van der Waals surface area (Å²) in [5.74, 6) is 0.142. The number of rotatable bonds is 3. The van der Waals surface area contributed by atoms with E-state index < -0.39 is 0 Å². The van der Waals surface area contributed by atoms with Crippen LogP contribution in [-0.2, 0) is 17.6 Å². The van der Waals surface area contributed by atoms with Gasteiger partial charge in [0.25, 0.3) is 0 Å². The molecule has 0 spiro atoms. The van der Waals surface area contributed by atoms with Crippen molar-refractivity contribution in [1.82, 2.24) is 0 Å². The fourth-order valence-electron chi connectivity index (χ4n) is 3.03. The molecule has 0 aromatic heterocycles. The second-order valence-electron chi connectivity index (χ2n) is 5.68. The summed E-state index contributed by atoms with van der Waals surface area (Å²) >= 11 is 12.1. The maximum atomic E-state index is 12.6. The molecule has 1 aliphatic heterocycles. The molecule has 0 aliphatic carbocycles. The molecule has 3 rings (SSSR count). The number of carbonyl (C=O) groups excluding carboxylic acids is 1. The SMILES string of the molecule is CC1Cc2ccccc2N1C(=O)CCc1ccc(Cl)cc1Cl. The number of para-hydroxylation sites is 1. The normalized spacial score (nSPS) is 16.7. The molecule has 1 aliphatic rings. The minimum absolute atomic E-state index is 0.142. The topological polar surface area (TPSA) is 20.3 Å².